The number of anilines is 2. The molecule has 0 fully saturated rings. The van der Waals surface area contributed by atoms with Crippen molar-refractivity contribution in [1.82, 2.24) is 0 Å². The van der Waals surface area contributed by atoms with E-state index in [1.165, 1.54) is 27.8 Å². The highest BCUT2D eigenvalue weighted by molar-refractivity contribution is 6.35. The largest absolute Gasteiger partial charge is 0.388 e. The van der Waals surface area contributed by atoms with Gasteiger partial charge in [0.15, 0.2) is 0 Å². The number of benzene rings is 3. The number of rotatable bonds is 4. The molecule has 4 rings (SSSR count). The number of fused-ring (bicyclic) bond motifs is 1. The maximum absolute atomic E-state index is 4.81. The Morgan fingerprint density at radius 3 is 1.74 bits per heavy atom. The Labute approximate surface area is 160 Å². The fraction of sp³-hybridized carbons (Fsp3) is 0.125. The van der Waals surface area contributed by atoms with Gasteiger partial charge in [-0.15, -0.1) is 0 Å². The van der Waals surface area contributed by atoms with Crippen molar-refractivity contribution in [1.29, 1.82) is 0 Å². The maximum Gasteiger partial charge on any atom is 0.0712 e. The number of para-hydroxylation sites is 1. The van der Waals surface area contributed by atoms with E-state index in [0.717, 1.165) is 22.8 Å². The second-order valence-corrected chi connectivity index (χ2v) is 6.62. The van der Waals surface area contributed by atoms with Gasteiger partial charge in [0, 0.05) is 42.3 Å². The molecule has 3 aromatic carbocycles. The van der Waals surface area contributed by atoms with E-state index in [2.05, 4.69) is 84.3 Å². The lowest BCUT2D eigenvalue weighted by Gasteiger charge is -2.15. The van der Waals surface area contributed by atoms with E-state index in [9.17, 15) is 0 Å². The second-order valence-electron chi connectivity index (χ2n) is 6.62. The summed E-state index contributed by atoms with van der Waals surface area (Å²) >= 11 is 0. The zero-order valence-electron chi connectivity index (χ0n) is 15.9. The third-order valence-electron chi connectivity index (χ3n) is 5.00. The molecule has 27 heavy (non-hydrogen) atoms. The van der Waals surface area contributed by atoms with Crippen LogP contribution in [0, 0.1) is 0 Å². The van der Waals surface area contributed by atoms with E-state index in [1.807, 2.05) is 20.2 Å². The van der Waals surface area contributed by atoms with Gasteiger partial charge in [-0.2, -0.15) is 0 Å². The average Bonchev–Trinajstić information content (AvgIpc) is 3.05. The molecule has 3 nitrogen and oxygen atoms in total. The predicted molar refractivity (Wildman–Crippen MR) is 117 cm³/mol. The summed E-state index contributed by atoms with van der Waals surface area (Å²) in [5, 5.41) is 6.39. The normalized spacial score (nSPS) is 12.4. The monoisotopic (exact) mass is 353 g/mol. The molecule has 0 saturated heterocycles. The van der Waals surface area contributed by atoms with Gasteiger partial charge in [-0.05, 0) is 54.0 Å². The number of allylic oxidation sites excluding steroid dienone is 1. The minimum Gasteiger partial charge on any atom is -0.388 e. The molecule has 0 saturated carbocycles. The molecule has 0 radical (unpaired) electrons. The molecule has 2 N–H and O–H groups in total. The van der Waals surface area contributed by atoms with Gasteiger partial charge in [0.1, 0.15) is 0 Å². The van der Waals surface area contributed by atoms with Crippen molar-refractivity contribution >= 4 is 33.9 Å². The first-order valence-corrected chi connectivity index (χ1v) is 9.17. The van der Waals surface area contributed by atoms with Gasteiger partial charge in [0.25, 0.3) is 0 Å². The van der Waals surface area contributed by atoms with Crippen molar-refractivity contribution in [3.8, 4) is 0 Å². The molecule has 0 aliphatic carbocycles. The van der Waals surface area contributed by atoms with Gasteiger partial charge in [0.2, 0.25) is 0 Å². The van der Waals surface area contributed by atoms with Crippen molar-refractivity contribution in [2.45, 2.75) is 6.92 Å². The predicted octanol–water partition coefficient (Wildman–Crippen LogP) is 5.84. The number of nitrogens with zero attached hydrogens (tertiary/aromatic N) is 1. The highest BCUT2D eigenvalue weighted by Gasteiger charge is 2.23. The van der Waals surface area contributed by atoms with Gasteiger partial charge >= 0.3 is 0 Å². The van der Waals surface area contributed by atoms with Crippen LogP contribution in [0.5, 0.6) is 0 Å². The highest BCUT2D eigenvalue weighted by atomic mass is 14.8. The van der Waals surface area contributed by atoms with Crippen LogP contribution >= 0.6 is 0 Å². The molecular weight excluding hydrogens is 330 g/mol. The topological polar surface area (TPSA) is 36.4 Å². The van der Waals surface area contributed by atoms with Crippen LogP contribution in [0.25, 0.3) is 11.1 Å². The molecule has 0 atom stereocenters. The second kappa shape index (κ2) is 7.12. The van der Waals surface area contributed by atoms with Gasteiger partial charge in [-0.1, -0.05) is 42.5 Å². The Kier molecular flexibility index (Phi) is 4.51. The third kappa shape index (κ3) is 3.13. The van der Waals surface area contributed by atoms with Crippen molar-refractivity contribution in [2.24, 2.45) is 4.99 Å². The molecule has 3 heteroatoms. The summed E-state index contributed by atoms with van der Waals surface area (Å²) in [6.45, 7) is 2.10. The summed E-state index contributed by atoms with van der Waals surface area (Å²) in [6.07, 6.45) is 0. The standard InChI is InChI=1S/C24H23N3/c1-16-23(21-6-4-5-7-22(21)27-16)24(17-8-12-19(25-2)13-9-17)18-10-14-20(26-3)15-11-18/h4-15,25-26H,1-3H3. The van der Waals surface area contributed by atoms with Crippen molar-refractivity contribution in [3.05, 3.63) is 89.5 Å². The Morgan fingerprint density at radius 1 is 0.704 bits per heavy atom. The first kappa shape index (κ1) is 17.1. The zero-order valence-corrected chi connectivity index (χ0v) is 15.9. The van der Waals surface area contributed by atoms with E-state index >= 15 is 0 Å². The molecule has 0 aromatic heterocycles. The molecule has 0 bridgehead atoms. The lowest BCUT2D eigenvalue weighted by molar-refractivity contribution is 1.47. The number of aliphatic imine (C=N–C) groups is 1. The lowest BCUT2D eigenvalue weighted by Crippen LogP contribution is -2.00. The van der Waals surface area contributed by atoms with Gasteiger partial charge in [0.05, 0.1) is 5.69 Å². The van der Waals surface area contributed by atoms with Gasteiger partial charge in [-0.25, -0.2) is 0 Å². The van der Waals surface area contributed by atoms with E-state index in [4.69, 9.17) is 4.99 Å². The van der Waals surface area contributed by atoms with Crippen LogP contribution in [-0.4, -0.2) is 19.8 Å². The molecule has 134 valence electrons. The summed E-state index contributed by atoms with van der Waals surface area (Å²) in [6, 6.07) is 25.5. The average molecular weight is 353 g/mol. The van der Waals surface area contributed by atoms with Gasteiger partial charge in [-0.3, -0.25) is 4.99 Å². The van der Waals surface area contributed by atoms with E-state index < -0.39 is 0 Å². The van der Waals surface area contributed by atoms with Crippen LogP contribution in [0.15, 0.2) is 77.8 Å². The molecule has 0 unspecified atom stereocenters. The molecule has 1 heterocycles. The van der Waals surface area contributed by atoms with E-state index in [-0.39, 0.29) is 0 Å². The van der Waals surface area contributed by atoms with Crippen molar-refractivity contribution < 1.29 is 0 Å². The third-order valence-corrected chi connectivity index (χ3v) is 5.00. The van der Waals surface area contributed by atoms with Gasteiger partial charge < -0.3 is 10.6 Å². The van der Waals surface area contributed by atoms with Crippen molar-refractivity contribution in [2.75, 3.05) is 24.7 Å². The molecule has 0 amide bonds. The summed E-state index contributed by atoms with van der Waals surface area (Å²) in [4.78, 5) is 4.81. The maximum atomic E-state index is 4.81. The molecule has 1 aliphatic rings. The fourth-order valence-electron chi connectivity index (χ4n) is 3.59. The van der Waals surface area contributed by atoms with Crippen LogP contribution in [0.2, 0.25) is 0 Å². The fourth-order valence-corrected chi connectivity index (χ4v) is 3.59. The first-order valence-electron chi connectivity index (χ1n) is 9.17. The molecule has 1 aliphatic heterocycles. The highest BCUT2D eigenvalue weighted by Crippen LogP contribution is 2.41. The summed E-state index contributed by atoms with van der Waals surface area (Å²) in [5.41, 5.74) is 10.3. The van der Waals surface area contributed by atoms with Crippen LogP contribution in [0.4, 0.5) is 17.1 Å². The Balaban J connectivity index is 1.97. The van der Waals surface area contributed by atoms with E-state index in [1.54, 1.807) is 0 Å². The Bertz CT molecular complexity index is 976. The summed E-state index contributed by atoms with van der Waals surface area (Å²) in [5.74, 6) is 0. The zero-order chi connectivity index (χ0) is 18.8. The quantitative estimate of drug-likeness (QED) is 0.618. The first-order chi connectivity index (χ1) is 13.2. The molecule has 0 spiro atoms. The van der Waals surface area contributed by atoms with Crippen LogP contribution in [-0.2, 0) is 0 Å². The van der Waals surface area contributed by atoms with Crippen molar-refractivity contribution in [3.63, 3.8) is 0 Å². The Morgan fingerprint density at radius 2 is 1.22 bits per heavy atom. The van der Waals surface area contributed by atoms with E-state index in [0.29, 0.717) is 0 Å². The Hall–Kier alpha value is -3.33. The number of hydrogen-bond acceptors (Lipinski definition) is 3. The number of hydrogen-bond donors (Lipinski definition) is 2. The smallest absolute Gasteiger partial charge is 0.0712 e. The summed E-state index contributed by atoms with van der Waals surface area (Å²) < 4.78 is 0. The molecular formula is C24H23N3. The minimum atomic E-state index is 1.04. The lowest BCUT2D eigenvalue weighted by atomic mass is 9.88. The summed E-state index contributed by atoms with van der Waals surface area (Å²) in [7, 11) is 3.88. The van der Waals surface area contributed by atoms with Crippen LogP contribution < -0.4 is 10.6 Å². The SMILES string of the molecule is CNc1ccc(C(=C2C(C)=Nc3ccccc32)c2ccc(NC)cc2)cc1. The molecule has 3 aromatic rings. The number of nitrogens with one attached hydrogen (secondary N) is 2. The van der Waals surface area contributed by atoms with Crippen LogP contribution in [0.1, 0.15) is 23.6 Å². The minimum absolute atomic E-state index is 1.04. The van der Waals surface area contributed by atoms with Crippen LogP contribution in [0.3, 0.4) is 0 Å².